The van der Waals surface area contributed by atoms with Crippen LogP contribution in [0.4, 0.5) is 0 Å². The third-order valence-corrected chi connectivity index (χ3v) is 6.10. The molecule has 1 saturated heterocycles. The molecule has 2 aliphatic rings. The number of nitrogens with zero attached hydrogens (tertiary/aromatic N) is 4. The average molecular weight is 379 g/mol. The van der Waals surface area contributed by atoms with Crippen LogP contribution in [-0.2, 0) is 11.3 Å². The predicted molar refractivity (Wildman–Crippen MR) is 102 cm³/mol. The summed E-state index contributed by atoms with van der Waals surface area (Å²) in [6.07, 6.45) is 9.86. The van der Waals surface area contributed by atoms with Gasteiger partial charge in [0.2, 0.25) is 5.89 Å². The van der Waals surface area contributed by atoms with Gasteiger partial charge in [0.05, 0.1) is 13.0 Å². The Balaban J connectivity index is 1.51. The highest BCUT2D eigenvalue weighted by molar-refractivity contribution is 5.67. The molecule has 27 heavy (non-hydrogen) atoms. The lowest BCUT2D eigenvalue weighted by molar-refractivity contribution is -0.137. The number of piperazine rings is 1. The number of carbonyl (C=O) groups is 1. The standard InChI is InChI=1S/C20H34N4O3/c1-23-10-12-24(13-11-23)15-18-21-20(27-22-18)17(14-19(25)26)9-5-8-16-6-3-2-4-7-16/h16-17H,2-15H2,1H3,(H,25,26). The van der Waals surface area contributed by atoms with Crippen molar-refractivity contribution >= 4 is 5.97 Å². The molecule has 0 amide bonds. The SMILES string of the molecule is CN1CCN(Cc2noc(C(CCCC3CCCCC3)CC(=O)O)n2)CC1. The van der Waals surface area contributed by atoms with Crippen LogP contribution in [-0.4, -0.2) is 64.2 Å². The van der Waals surface area contributed by atoms with Crippen molar-refractivity contribution in [2.24, 2.45) is 5.92 Å². The lowest BCUT2D eigenvalue weighted by Crippen LogP contribution is -2.44. The van der Waals surface area contributed by atoms with Crippen LogP contribution in [0.2, 0.25) is 0 Å². The molecule has 1 atom stereocenters. The summed E-state index contributed by atoms with van der Waals surface area (Å²) in [4.78, 5) is 20.5. The Morgan fingerprint density at radius 2 is 1.96 bits per heavy atom. The second kappa shape index (κ2) is 10.2. The largest absolute Gasteiger partial charge is 0.481 e. The molecule has 0 aromatic carbocycles. The Kier molecular flexibility index (Phi) is 7.64. The van der Waals surface area contributed by atoms with Gasteiger partial charge in [-0.15, -0.1) is 0 Å². The summed E-state index contributed by atoms with van der Waals surface area (Å²) in [6, 6.07) is 0. The van der Waals surface area contributed by atoms with Gasteiger partial charge in [-0.25, -0.2) is 0 Å². The molecule has 0 spiro atoms. The lowest BCUT2D eigenvalue weighted by atomic mass is 9.84. The molecular weight excluding hydrogens is 344 g/mol. The number of aromatic nitrogens is 2. The highest BCUT2D eigenvalue weighted by atomic mass is 16.5. The zero-order valence-corrected chi connectivity index (χ0v) is 16.6. The summed E-state index contributed by atoms with van der Waals surface area (Å²) < 4.78 is 5.47. The van der Waals surface area contributed by atoms with Gasteiger partial charge in [0.15, 0.2) is 5.82 Å². The van der Waals surface area contributed by atoms with Gasteiger partial charge in [0, 0.05) is 32.1 Å². The van der Waals surface area contributed by atoms with Gasteiger partial charge < -0.3 is 14.5 Å². The number of aliphatic carboxylic acids is 1. The van der Waals surface area contributed by atoms with E-state index in [4.69, 9.17) is 4.52 Å². The minimum absolute atomic E-state index is 0.0702. The van der Waals surface area contributed by atoms with Crippen molar-refractivity contribution in [1.82, 2.24) is 19.9 Å². The van der Waals surface area contributed by atoms with Crippen LogP contribution in [0.25, 0.3) is 0 Å². The molecular formula is C20H34N4O3. The normalized spacial score (nSPS) is 21.4. The van der Waals surface area contributed by atoms with Crippen LogP contribution in [0.5, 0.6) is 0 Å². The number of hydrogen-bond acceptors (Lipinski definition) is 6. The molecule has 0 bridgehead atoms. The average Bonchev–Trinajstić information content (AvgIpc) is 3.12. The fraction of sp³-hybridized carbons (Fsp3) is 0.850. The first-order valence-electron chi connectivity index (χ1n) is 10.6. The van der Waals surface area contributed by atoms with Crippen molar-refractivity contribution in [2.45, 2.75) is 70.3 Å². The highest BCUT2D eigenvalue weighted by Gasteiger charge is 2.24. The first-order chi connectivity index (χ1) is 13.1. The van der Waals surface area contributed by atoms with E-state index in [1.165, 1.54) is 38.5 Å². The topological polar surface area (TPSA) is 82.7 Å². The van der Waals surface area contributed by atoms with E-state index >= 15 is 0 Å². The van der Waals surface area contributed by atoms with Crippen LogP contribution in [0.1, 0.15) is 75.4 Å². The van der Waals surface area contributed by atoms with Gasteiger partial charge in [0.1, 0.15) is 0 Å². The van der Waals surface area contributed by atoms with Crippen LogP contribution in [0, 0.1) is 5.92 Å². The van der Waals surface area contributed by atoms with E-state index < -0.39 is 5.97 Å². The molecule has 7 nitrogen and oxygen atoms in total. The zero-order valence-electron chi connectivity index (χ0n) is 16.6. The van der Waals surface area contributed by atoms with E-state index in [1.807, 2.05) is 0 Å². The zero-order chi connectivity index (χ0) is 19.1. The van der Waals surface area contributed by atoms with Crippen molar-refractivity contribution < 1.29 is 14.4 Å². The summed E-state index contributed by atoms with van der Waals surface area (Å²) in [6.45, 7) is 4.78. The van der Waals surface area contributed by atoms with Gasteiger partial charge in [-0.3, -0.25) is 9.69 Å². The molecule has 1 N–H and O–H groups in total. The van der Waals surface area contributed by atoms with Crippen LogP contribution < -0.4 is 0 Å². The molecule has 7 heteroatoms. The fourth-order valence-electron chi connectivity index (χ4n) is 4.36. The fourth-order valence-corrected chi connectivity index (χ4v) is 4.36. The third kappa shape index (κ3) is 6.57. The minimum atomic E-state index is -0.795. The van der Waals surface area contributed by atoms with Crippen molar-refractivity contribution in [3.8, 4) is 0 Å². The van der Waals surface area contributed by atoms with E-state index in [2.05, 4.69) is 27.0 Å². The van der Waals surface area contributed by atoms with Crippen molar-refractivity contribution in [3.63, 3.8) is 0 Å². The Bertz CT molecular complexity index is 578. The first kappa shape index (κ1) is 20.3. The molecule has 2 fully saturated rings. The van der Waals surface area contributed by atoms with Gasteiger partial charge in [-0.2, -0.15) is 4.98 Å². The Hall–Kier alpha value is -1.47. The summed E-state index contributed by atoms with van der Waals surface area (Å²) in [7, 11) is 2.13. The lowest BCUT2D eigenvalue weighted by Gasteiger charge is -2.31. The number of hydrogen-bond donors (Lipinski definition) is 1. The van der Waals surface area contributed by atoms with E-state index in [-0.39, 0.29) is 12.3 Å². The van der Waals surface area contributed by atoms with E-state index in [1.54, 1.807) is 0 Å². The molecule has 1 aromatic rings. The molecule has 0 radical (unpaired) electrons. The van der Waals surface area contributed by atoms with Gasteiger partial charge in [-0.05, 0) is 19.4 Å². The van der Waals surface area contributed by atoms with Gasteiger partial charge in [-0.1, -0.05) is 50.1 Å². The van der Waals surface area contributed by atoms with Crippen LogP contribution in [0.3, 0.4) is 0 Å². The van der Waals surface area contributed by atoms with E-state index in [9.17, 15) is 9.90 Å². The van der Waals surface area contributed by atoms with Gasteiger partial charge in [0.25, 0.3) is 0 Å². The quantitative estimate of drug-likeness (QED) is 0.707. The molecule has 1 saturated carbocycles. The monoisotopic (exact) mass is 378 g/mol. The Morgan fingerprint density at radius 1 is 1.22 bits per heavy atom. The smallest absolute Gasteiger partial charge is 0.304 e. The Labute approximate surface area is 162 Å². The van der Waals surface area contributed by atoms with Crippen LogP contribution in [0.15, 0.2) is 4.52 Å². The van der Waals surface area contributed by atoms with E-state index in [0.717, 1.165) is 44.9 Å². The second-order valence-corrected chi connectivity index (χ2v) is 8.36. The molecule has 152 valence electrons. The summed E-state index contributed by atoms with van der Waals surface area (Å²) in [5.74, 6) is 1.04. The minimum Gasteiger partial charge on any atom is -0.481 e. The molecule has 3 rings (SSSR count). The number of rotatable bonds is 9. The highest BCUT2D eigenvalue weighted by Crippen LogP contribution is 2.31. The van der Waals surface area contributed by atoms with Crippen molar-refractivity contribution in [1.29, 1.82) is 0 Å². The molecule has 1 aromatic heterocycles. The van der Waals surface area contributed by atoms with E-state index in [0.29, 0.717) is 18.3 Å². The molecule has 1 aliphatic carbocycles. The van der Waals surface area contributed by atoms with Crippen molar-refractivity contribution in [2.75, 3.05) is 33.2 Å². The Morgan fingerprint density at radius 3 is 2.67 bits per heavy atom. The second-order valence-electron chi connectivity index (χ2n) is 8.36. The maximum atomic E-state index is 11.3. The first-order valence-corrected chi connectivity index (χ1v) is 10.6. The van der Waals surface area contributed by atoms with Crippen molar-refractivity contribution in [3.05, 3.63) is 11.7 Å². The van der Waals surface area contributed by atoms with Crippen LogP contribution >= 0.6 is 0 Å². The van der Waals surface area contributed by atoms with Gasteiger partial charge >= 0.3 is 5.97 Å². The predicted octanol–water partition coefficient (Wildman–Crippen LogP) is 3.13. The number of likely N-dealkylation sites (N-methyl/N-ethyl adjacent to an activating group) is 1. The number of carboxylic acids is 1. The molecule has 1 unspecified atom stereocenters. The summed E-state index contributed by atoms with van der Waals surface area (Å²) >= 11 is 0. The molecule has 2 heterocycles. The maximum absolute atomic E-state index is 11.3. The molecule has 1 aliphatic heterocycles. The summed E-state index contributed by atoms with van der Waals surface area (Å²) in [5.41, 5.74) is 0. The summed E-state index contributed by atoms with van der Waals surface area (Å²) in [5, 5.41) is 13.4. The number of carboxylic acid groups (broad SMARTS) is 1. The third-order valence-electron chi connectivity index (χ3n) is 6.10. The maximum Gasteiger partial charge on any atom is 0.304 e.